The summed E-state index contributed by atoms with van der Waals surface area (Å²) in [6, 6.07) is 0. The number of methoxy groups -OCH3 is 2. The predicted molar refractivity (Wildman–Crippen MR) is 65.6 cm³/mol. The molecule has 1 rings (SSSR count). The van der Waals surface area contributed by atoms with Gasteiger partial charge < -0.3 is 9.47 Å². The van der Waals surface area contributed by atoms with Gasteiger partial charge in [-0.25, -0.2) is 23.4 Å². The van der Waals surface area contributed by atoms with Crippen molar-refractivity contribution in [2.45, 2.75) is 37.4 Å². The minimum atomic E-state index is -3.99. The van der Waals surface area contributed by atoms with E-state index in [4.69, 9.17) is 0 Å². The molecule has 0 aromatic rings. The van der Waals surface area contributed by atoms with E-state index < -0.39 is 27.5 Å². The lowest BCUT2D eigenvalue weighted by Crippen LogP contribution is -2.53. The quantitative estimate of drug-likeness (QED) is 0.762. The highest BCUT2D eigenvalue weighted by molar-refractivity contribution is 7.90. The molecule has 0 heterocycles. The van der Waals surface area contributed by atoms with E-state index in [1.165, 1.54) is 0 Å². The van der Waals surface area contributed by atoms with E-state index in [1.807, 2.05) is 5.43 Å². The van der Waals surface area contributed by atoms with Crippen LogP contribution in [0.25, 0.3) is 0 Å². The minimum absolute atomic E-state index is 0.217. The molecular weight excluding hydrogens is 276 g/mol. The standard InChI is InChI=1S/C10H18N2O6S/c1-17-9(13)11-12(10(14)18-2)19(15,16)8-6-4-3-5-7-8/h8H,3-7H2,1-2H3,(H,11,13). The lowest BCUT2D eigenvalue weighted by molar-refractivity contribution is 0.119. The van der Waals surface area contributed by atoms with Gasteiger partial charge in [0.05, 0.1) is 19.5 Å². The summed E-state index contributed by atoms with van der Waals surface area (Å²) in [5.74, 6) is 0. The molecule has 1 fully saturated rings. The Morgan fingerprint density at radius 1 is 1.11 bits per heavy atom. The van der Waals surface area contributed by atoms with Crippen LogP contribution < -0.4 is 5.43 Å². The highest BCUT2D eigenvalue weighted by Gasteiger charge is 2.38. The van der Waals surface area contributed by atoms with Gasteiger partial charge >= 0.3 is 12.2 Å². The lowest BCUT2D eigenvalue weighted by Gasteiger charge is -2.28. The Morgan fingerprint density at radius 2 is 1.68 bits per heavy atom. The second kappa shape index (κ2) is 6.60. The van der Waals surface area contributed by atoms with Gasteiger partial charge in [-0.1, -0.05) is 19.3 Å². The van der Waals surface area contributed by atoms with Gasteiger partial charge in [0.15, 0.2) is 0 Å². The number of nitrogens with zero attached hydrogens (tertiary/aromatic N) is 1. The van der Waals surface area contributed by atoms with Gasteiger partial charge in [-0.15, -0.1) is 4.41 Å². The normalized spacial score (nSPS) is 16.5. The lowest BCUT2D eigenvalue weighted by atomic mass is 10.0. The van der Waals surface area contributed by atoms with E-state index >= 15 is 0 Å². The van der Waals surface area contributed by atoms with Crippen LogP contribution in [-0.2, 0) is 19.5 Å². The molecule has 1 aliphatic carbocycles. The first kappa shape index (κ1) is 15.5. The Labute approximate surface area is 112 Å². The summed E-state index contributed by atoms with van der Waals surface area (Å²) in [6.45, 7) is 0. The largest absolute Gasteiger partial charge is 0.452 e. The van der Waals surface area contributed by atoms with Gasteiger partial charge in [-0.2, -0.15) is 0 Å². The Bertz CT molecular complexity index is 429. The van der Waals surface area contributed by atoms with Gasteiger partial charge in [-0.3, -0.25) is 0 Å². The van der Waals surface area contributed by atoms with E-state index in [0.717, 1.165) is 33.5 Å². The number of carbonyl (C=O) groups is 2. The van der Waals surface area contributed by atoms with Crippen molar-refractivity contribution in [3.8, 4) is 0 Å². The summed E-state index contributed by atoms with van der Waals surface area (Å²) in [4.78, 5) is 22.6. The van der Waals surface area contributed by atoms with Crippen molar-refractivity contribution in [1.29, 1.82) is 0 Å². The molecule has 19 heavy (non-hydrogen) atoms. The zero-order chi connectivity index (χ0) is 14.5. The molecule has 0 saturated heterocycles. The zero-order valence-electron chi connectivity index (χ0n) is 10.9. The maximum atomic E-state index is 12.3. The molecule has 9 heteroatoms. The van der Waals surface area contributed by atoms with Crippen LogP contribution in [0.4, 0.5) is 9.59 Å². The van der Waals surface area contributed by atoms with Gasteiger partial charge in [-0.05, 0) is 12.8 Å². The first-order chi connectivity index (χ1) is 8.93. The minimum Gasteiger partial charge on any atom is -0.452 e. The van der Waals surface area contributed by atoms with Crippen molar-refractivity contribution in [1.82, 2.24) is 9.84 Å². The van der Waals surface area contributed by atoms with Crippen LogP contribution in [-0.4, -0.2) is 44.5 Å². The SMILES string of the molecule is COC(=O)NN(C(=O)OC)S(=O)(=O)C1CCCCC1. The highest BCUT2D eigenvalue weighted by atomic mass is 32.2. The van der Waals surface area contributed by atoms with Crippen molar-refractivity contribution in [3.63, 3.8) is 0 Å². The molecule has 1 aliphatic rings. The first-order valence-corrected chi connectivity index (χ1v) is 7.40. The third kappa shape index (κ3) is 3.72. The Morgan fingerprint density at radius 3 is 2.16 bits per heavy atom. The van der Waals surface area contributed by atoms with Crippen molar-refractivity contribution < 1.29 is 27.5 Å². The fraction of sp³-hybridized carbons (Fsp3) is 0.800. The van der Waals surface area contributed by atoms with Gasteiger partial charge in [0, 0.05) is 0 Å². The van der Waals surface area contributed by atoms with Crippen LogP contribution >= 0.6 is 0 Å². The number of nitrogens with one attached hydrogen (secondary N) is 1. The summed E-state index contributed by atoms with van der Waals surface area (Å²) < 4.78 is 33.5. The maximum absolute atomic E-state index is 12.3. The summed E-state index contributed by atoms with van der Waals surface area (Å²) in [7, 11) is -1.89. The van der Waals surface area contributed by atoms with Crippen LogP contribution in [0.1, 0.15) is 32.1 Å². The van der Waals surface area contributed by atoms with Gasteiger partial charge in [0.1, 0.15) is 0 Å². The topological polar surface area (TPSA) is 102 Å². The van der Waals surface area contributed by atoms with E-state index in [1.54, 1.807) is 0 Å². The molecule has 0 aromatic heterocycles. The summed E-state index contributed by atoms with van der Waals surface area (Å²) in [5, 5.41) is -0.697. The fourth-order valence-electron chi connectivity index (χ4n) is 1.94. The number of rotatable bonds is 2. The Kier molecular flexibility index (Phi) is 5.40. The molecule has 0 bridgehead atoms. The second-order valence-electron chi connectivity index (χ2n) is 4.14. The fourth-order valence-corrected chi connectivity index (χ4v) is 3.65. The number of amides is 2. The van der Waals surface area contributed by atoms with Crippen LogP contribution in [0.5, 0.6) is 0 Å². The smallest absolute Gasteiger partial charge is 0.443 e. The average Bonchev–Trinajstić information content (AvgIpc) is 2.44. The molecule has 0 radical (unpaired) electrons. The third-order valence-electron chi connectivity index (χ3n) is 2.95. The number of hydrogen-bond acceptors (Lipinski definition) is 6. The first-order valence-electron chi connectivity index (χ1n) is 5.90. The van der Waals surface area contributed by atoms with E-state index in [0.29, 0.717) is 12.8 Å². The van der Waals surface area contributed by atoms with Crippen molar-refractivity contribution in [2.75, 3.05) is 14.2 Å². The number of hydrazine groups is 1. The molecular formula is C10H18N2O6S. The van der Waals surface area contributed by atoms with Gasteiger partial charge in [0.25, 0.3) is 10.0 Å². The van der Waals surface area contributed by atoms with E-state index in [9.17, 15) is 18.0 Å². The Hall–Kier alpha value is -1.51. The summed E-state index contributed by atoms with van der Waals surface area (Å²) in [5.41, 5.74) is 1.86. The number of hydrogen-bond donors (Lipinski definition) is 1. The van der Waals surface area contributed by atoms with Crippen LogP contribution in [0.3, 0.4) is 0 Å². The second-order valence-corrected chi connectivity index (χ2v) is 6.20. The predicted octanol–water partition coefficient (Wildman–Crippen LogP) is 0.988. The van der Waals surface area contributed by atoms with Crippen molar-refractivity contribution in [3.05, 3.63) is 0 Å². The molecule has 110 valence electrons. The zero-order valence-corrected chi connectivity index (χ0v) is 11.7. The molecule has 0 atom stereocenters. The van der Waals surface area contributed by atoms with Crippen LogP contribution in [0, 0.1) is 0 Å². The molecule has 2 amide bonds. The number of carbonyl (C=O) groups excluding carboxylic acids is 2. The maximum Gasteiger partial charge on any atom is 0.443 e. The average molecular weight is 294 g/mol. The number of ether oxygens (including phenoxy) is 2. The highest BCUT2D eigenvalue weighted by Crippen LogP contribution is 2.25. The van der Waals surface area contributed by atoms with Crippen molar-refractivity contribution in [2.24, 2.45) is 0 Å². The monoisotopic (exact) mass is 294 g/mol. The van der Waals surface area contributed by atoms with Crippen LogP contribution in [0.2, 0.25) is 0 Å². The molecule has 0 aliphatic heterocycles. The molecule has 8 nitrogen and oxygen atoms in total. The Balaban J connectivity index is 2.94. The van der Waals surface area contributed by atoms with Crippen molar-refractivity contribution >= 4 is 22.2 Å². The third-order valence-corrected chi connectivity index (χ3v) is 5.01. The molecule has 0 unspecified atom stereocenters. The summed E-state index contributed by atoms with van der Waals surface area (Å²) in [6.07, 6.45) is 1.21. The molecule has 0 spiro atoms. The van der Waals surface area contributed by atoms with Gasteiger partial charge in [0.2, 0.25) is 0 Å². The molecule has 1 N–H and O–H groups in total. The summed E-state index contributed by atoms with van der Waals surface area (Å²) >= 11 is 0. The molecule has 1 saturated carbocycles. The van der Waals surface area contributed by atoms with E-state index in [-0.39, 0.29) is 4.41 Å². The molecule has 0 aromatic carbocycles. The van der Waals surface area contributed by atoms with Crippen LogP contribution in [0.15, 0.2) is 0 Å². The number of sulfonamides is 1. The van der Waals surface area contributed by atoms with E-state index in [2.05, 4.69) is 9.47 Å².